The average Bonchev–Trinajstić information content (AvgIpc) is 2.98. The smallest absolute Gasteiger partial charge is 0.140 e. The number of benzene rings is 1. The van der Waals surface area contributed by atoms with E-state index < -0.39 is 0 Å². The van der Waals surface area contributed by atoms with Crippen LogP contribution >= 0.6 is 36.2 Å². The quantitative estimate of drug-likeness (QED) is 0.399. The van der Waals surface area contributed by atoms with Crippen LogP contribution in [0.15, 0.2) is 41.8 Å². The van der Waals surface area contributed by atoms with E-state index in [-0.39, 0.29) is 24.8 Å². The molecule has 3 N–H and O–H groups in total. The lowest BCUT2D eigenvalue weighted by Gasteiger charge is -2.09. The molecule has 0 fully saturated rings. The molecule has 2 rings (SSSR count). The summed E-state index contributed by atoms with van der Waals surface area (Å²) in [6.07, 6.45) is 0. The van der Waals surface area contributed by atoms with E-state index in [1.807, 2.05) is 29.6 Å². The molecule has 0 aliphatic carbocycles. The van der Waals surface area contributed by atoms with Gasteiger partial charge in [0.1, 0.15) is 5.84 Å². The van der Waals surface area contributed by atoms with Gasteiger partial charge in [-0.1, -0.05) is 18.2 Å². The van der Waals surface area contributed by atoms with E-state index in [1.54, 1.807) is 18.4 Å². The second-order valence-electron chi connectivity index (χ2n) is 4.35. The van der Waals surface area contributed by atoms with Crippen LogP contribution in [0.3, 0.4) is 0 Å². The van der Waals surface area contributed by atoms with Crippen molar-refractivity contribution in [3.05, 3.63) is 52.2 Å². The Hall–Kier alpha value is -1.11. The minimum absolute atomic E-state index is 0. The van der Waals surface area contributed by atoms with Crippen LogP contribution in [0.25, 0.3) is 0 Å². The standard InChI is InChI=1S/C15H19N3OS.2ClH/c1-19-8-7-17-11-12-4-2-5-13(10-12)18-15(16)14-6-3-9-20-14;;/h2-6,9-10,17H,7-8,11H2,1H3,(H2,16,18);2*1H. The first-order valence-corrected chi connectivity index (χ1v) is 7.35. The van der Waals surface area contributed by atoms with Crippen molar-refractivity contribution < 1.29 is 4.74 Å². The van der Waals surface area contributed by atoms with Gasteiger partial charge < -0.3 is 15.4 Å². The van der Waals surface area contributed by atoms with Crippen LogP contribution in [-0.4, -0.2) is 26.1 Å². The highest BCUT2D eigenvalue weighted by Crippen LogP contribution is 2.14. The minimum atomic E-state index is 0. The normalized spacial score (nSPS) is 9.50. The van der Waals surface area contributed by atoms with Crippen molar-refractivity contribution in [3.8, 4) is 0 Å². The van der Waals surface area contributed by atoms with Crippen molar-refractivity contribution >= 4 is 47.7 Å². The number of amidine groups is 1. The first kappa shape index (κ1) is 20.9. The van der Waals surface area contributed by atoms with Gasteiger partial charge in [-0.15, -0.1) is 36.2 Å². The number of anilines is 1. The van der Waals surface area contributed by atoms with Gasteiger partial charge in [0.05, 0.1) is 11.5 Å². The van der Waals surface area contributed by atoms with Gasteiger partial charge in [0, 0.05) is 25.9 Å². The monoisotopic (exact) mass is 361 g/mol. The van der Waals surface area contributed by atoms with E-state index in [0.717, 1.165) is 23.7 Å². The van der Waals surface area contributed by atoms with Crippen molar-refractivity contribution in [1.29, 1.82) is 5.41 Å². The van der Waals surface area contributed by atoms with Crippen LogP contribution in [0.1, 0.15) is 10.4 Å². The lowest BCUT2D eigenvalue weighted by atomic mass is 10.2. The van der Waals surface area contributed by atoms with Gasteiger partial charge >= 0.3 is 0 Å². The third-order valence-corrected chi connectivity index (χ3v) is 3.66. The molecule has 0 unspecified atom stereocenters. The number of nitrogens with one attached hydrogen (secondary N) is 3. The van der Waals surface area contributed by atoms with Crippen LogP contribution in [0.4, 0.5) is 5.69 Å². The molecule has 2 aromatic rings. The lowest BCUT2D eigenvalue weighted by molar-refractivity contribution is 0.199. The Morgan fingerprint density at radius 3 is 2.73 bits per heavy atom. The summed E-state index contributed by atoms with van der Waals surface area (Å²) in [6.45, 7) is 2.34. The van der Waals surface area contributed by atoms with Crippen molar-refractivity contribution in [1.82, 2.24) is 5.32 Å². The van der Waals surface area contributed by atoms with Crippen LogP contribution in [0.2, 0.25) is 0 Å². The highest BCUT2D eigenvalue weighted by atomic mass is 35.5. The van der Waals surface area contributed by atoms with Gasteiger partial charge in [0.25, 0.3) is 0 Å². The van der Waals surface area contributed by atoms with Crippen LogP contribution < -0.4 is 10.6 Å². The summed E-state index contributed by atoms with van der Waals surface area (Å²) in [5, 5.41) is 16.4. The summed E-state index contributed by atoms with van der Waals surface area (Å²) < 4.78 is 5.00. The molecule has 1 aromatic carbocycles. The predicted molar refractivity (Wildman–Crippen MR) is 99.3 cm³/mol. The molecule has 0 atom stereocenters. The van der Waals surface area contributed by atoms with Crippen molar-refractivity contribution in [2.45, 2.75) is 6.54 Å². The molecule has 0 aliphatic rings. The molecule has 0 spiro atoms. The first-order chi connectivity index (χ1) is 9.79. The molecule has 1 heterocycles. The molecule has 4 nitrogen and oxygen atoms in total. The Morgan fingerprint density at radius 1 is 1.23 bits per heavy atom. The van der Waals surface area contributed by atoms with E-state index in [1.165, 1.54) is 5.56 Å². The van der Waals surface area contributed by atoms with E-state index in [2.05, 4.69) is 22.8 Å². The van der Waals surface area contributed by atoms with Crippen molar-refractivity contribution in [2.24, 2.45) is 0 Å². The molecular formula is C15H21Cl2N3OS. The van der Waals surface area contributed by atoms with Gasteiger partial charge in [-0.25, -0.2) is 0 Å². The molecule has 0 saturated heterocycles. The van der Waals surface area contributed by atoms with Gasteiger partial charge in [-0.2, -0.15) is 0 Å². The third-order valence-electron chi connectivity index (χ3n) is 2.78. The predicted octanol–water partition coefficient (Wildman–Crippen LogP) is 3.77. The molecule has 122 valence electrons. The summed E-state index contributed by atoms with van der Waals surface area (Å²) >= 11 is 1.56. The third kappa shape index (κ3) is 6.77. The SMILES string of the molecule is COCCNCc1cccc(NC(=N)c2cccs2)c1.Cl.Cl. The Kier molecular flexibility index (Phi) is 10.9. The number of halogens is 2. The summed E-state index contributed by atoms with van der Waals surface area (Å²) in [6, 6.07) is 12.0. The molecule has 22 heavy (non-hydrogen) atoms. The summed E-state index contributed by atoms with van der Waals surface area (Å²) in [4.78, 5) is 0.939. The van der Waals surface area contributed by atoms with Crippen molar-refractivity contribution in [2.75, 3.05) is 25.6 Å². The maximum absolute atomic E-state index is 8.01. The Bertz CT molecular complexity index is 549. The number of hydrogen-bond acceptors (Lipinski definition) is 4. The Labute approximate surface area is 147 Å². The van der Waals surface area contributed by atoms with E-state index >= 15 is 0 Å². The molecule has 0 radical (unpaired) electrons. The number of methoxy groups -OCH3 is 1. The molecule has 0 amide bonds. The zero-order chi connectivity index (χ0) is 14.2. The number of ether oxygens (including phenoxy) is 1. The number of rotatable bonds is 7. The molecule has 1 aromatic heterocycles. The number of hydrogen-bond donors (Lipinski definition) is 3. The van der Waals surface area contributed by atoms with Gasteiger partial charge in [0.2, 0.25) is 0 Å². The molecular weight excluding hydrogens is 341 g/mol. The topological polar surface area (TPSA) is 57.1 Å². The fraction of sp³-hybridized carbons (Fsp3) is 0.267. The zero-order valence-electron chi connectivity index (χ0n) is 12.3. The highest BCUT2D eigenvalue weighted by Gasteiger charge is 2.03. The second kappa shape index (κ2) is 11.5. The largest absolute Gasteiger partial charge is 0.383 e. The average molecular weight is 362 g/mol. The maximum Gasteiger partial charge on any atom is 0.140 e. The fourth-order valence-electron chi connectivity index (χ4n) is 1.79. The molecule has 7 heteroatoms. The van der Waals surface area contributed by atoms with Crippen LogP contribution in [0, 0.1) is 5.41 Å². The highest BCUT2D eigenvalue weighted by molar-refractivity contribution is 7.12. The van der Waals surface area contributed by atoms with E-state index in [4.69, 9.17) is 10.1 Å². The first-order valence-electron chi connectivity index (χ1n) is 6.47. The maximum atomic E-state index is 8.01. The Morgan fingerprint density at radius 2 is 2.05 bits per heavy atom. The van der Waals surface area contributed by atoms with Gasteiger partial charge in [-0.3, -0.25) is 5.41 Å². The zero-order valence-corrected chi connectivity index (χ0v) is 14.7. The second-order valence-corrected chi connectivity index (χ2v) is 5.29. The summed E-state index contributed by atoms with van der Waals surface area (Å²) in [5.41, 5.74) is 2.12. The van der Waals surface area contributed by atoms with Crippen LogP contribution in [-0.2, 0) is 11.3 Å². The number of thiophene rings is 1. The molecule has 0 bridgehead atoms. The fourth-order valence-corrected chi connectivity index (χ4v) is 2.42. The van der Waals surface area contributed by atoms with E-state index in [9.17, 15) is 0 Å². The Balaban J connectivity index is 0.00000220. The van der Waals surface area contributed by atoms with Crippen LogP contribution in [0.5, 0.6) is 0 Å². The molecule has 0 aliphatic heterocycles. The minimum Gasteiger partial charge on any atom is -0.383 e. The van der Waals surface area contributed by atoms with Gasteiger partial charge in [-0.05, 0) is 29.1 Å². The molecule has 0 saturated carbocycles. The summed E-state index contributed by atoms with van der Waals surface area (Å²) in [7, 11) is 1.70. The lowest BCUT2D eigenvalue weighted by Crippen LogP contribution is -2.18. The van der Waals surface area contributed by atoms with Gasteiger partial charge in [0.15, 0.2) is 0 Å². The van der Waals surface area contributed by atoms with Crippen molar-refractivity contribution in [3.63, 3.8) is 0 Å². The summed E-state index contributed by atoms with van der Waals surface area (Å²) in [5.74, 6) is 0.435. The van der Waals surface area contributed by atoms with E-state index in [0.29, 0.717) is 12.4 Å².